The Bertz CT molecular complexity index is 668. The Kier molecular flexibility index (Phi) is 4.98. The van der Waals surface area contributed by atoms with Crippen LogP contribution >= 0.6 is 0 Å². The van der Waals surface area contributed by atoms with E-state index < -0.39 is 5.97 Å². The number of ether oxygens (including phenoxy) is 1. The highest BCUT2D eigenvalue weighted by atomic mass is 16.5. The smallest absolute Gasteiger partial charge is 0.335 e. The molecule has 0 atom stereocenters. The molecule has 0 bridgehead atoms. The molecule has 3 N–H and O–H groups in total. The average Bonchev–Trinajstić information content (AvgIpc) is 2.53. The van der Waals surface area contributed by atoms with Crippen molar-refractivity contribution < 1.29 is 19.4 Å². The molecule has 2 aromatic rings. The summed E-state index contributed by atoms with van der Waals surface area (Å²) in [5, 5.41) is 14.1. The molecule has 6 heteroatoms. The number of aromatic carboxylic acids is 1. The number of carbonyl (C=O) groups excluding carboxylic acids is 1. The number of anilines is 1. The fourth-order valence-electron chi connectivity index (χ4n) is 1.84. The van der Waals surface area contributed by atoms with Gasteiger partial charge in [0.25, 0.3) is 0 Å². The van der Waals surface area contributed by atoms with Crippen molar-refractivity contribution in [3.63, 3.8) is 0 Å². The van der Waals surface area contributed by atoms with Crippen molar-refractivity contribution in [2.24, 2.45) is 0 Å². The molecular formula is C16H16N2O4. The van der Waals surface area contributed by atoms with Crippen molar-refractivity contribution in [2.75, 3.05) is 12.4 Å². The second-order valence-corrected chi connectivity index (χ2v) is 4.54. The molecule has 0 saturated carbocycles. The predicted octanol–water partition coefficient (Wildman–Crippen LogP) is 2.72. The van der Waals surface area contributed by atoms with Crippen molar-refractivity contribution in [2.45, 2.75) is 6.54 Å². The standard InChI is InChI=1S/C16H16N2O4/c1-22-14-4-2-3-11(9-14)10-17-16(21)18-13-7-5-12(6-8-13)15(19)20/h2-9H,10H2,1H3,(H,19,20)(H2,17,18,21). The third kappa shape index (κ3) is 4.24. The number of benzene rings is 2. The van der Waals surface area contributed by atoms with Gasteiger partial charge in [-0.1, -0.05) is 12.1 Å². The lowest BCUT2D eigenvalue weighted by Crippen LogP contribution is -2.28. The monoisotopic (exact) mass is 300 g/mol. The van der Waals surface area contributed by atoms with E-state index in [1.54, 1.807) is 7.11 Å². The lowest BCUT2D eigenvalue weighted by Gasteiger charge is -2.09. The van der Waals surface area contributed by atoms with Crippen LogP contribution in [0.1, 0.15) is 15.9 Å². The first-order valence-corrected chi connectivity index (χ1v) is 6.59. The van der Waals surface area contributed by atoms with Crippen molar-refractivity contribution in [3.05, 3.63) is 59.7 Å². The summed E-state index contributed by atoms with van der Waals surface area (Å²) < 4.78 is 5.11. The summed E-state index contributed by atoms with van der Waals surface area (Å²) in [5.41, 5.74) is 1.60. The van der Waals surface area contributed by atoms with Crippen LogP contribution in [0.15, 0.2) is 48.5 Å². The van der Waals surface area contributed by atoms with Crippen LogP contribution < -0.4 is 15.4 Å². The van der Waals surface area contributed by atoms with Crippen LogP contribution in [-0.2, 0) is 6.54 Å². The molecule has 6 nitrogen and oxygen atoms in total. The van der Waals surface area contributed by atoms with E-state index in [0.717, 1.165) is 11.3 Å². The molecule has 0 fully saturated rings. The fourth-order valence-corrected chi connectivity index (χ4v) is 1.84. The largest absolute Gasteiger partial charge is 0.497 e. The van der Waals surface area contributed by atoms with Crippen LogP contribution in [0.5, 0.6) is 5.75 Å². The average molecular weight is 300 g/mol. The number of hydrogen-bond donors (Lipinski definition) is 3. The quantitative estimate of drug-likeness (QED) is 0.792. The summed E-state index contributed by atoms with van der Waals surface area (Å²) in [5.74, 6) is -0.280. The highest BCUT2D eigenvalue weighted by Gasteiger charge is 2.05. The minimum absolute atomic E-state index is 0.169. The Balaban J connectivity index is 1.88. The highest BCUT2D eigenvalue weighted by Crippen LogP contribution is 2.12. The second kappa shape index (κ2) is 7.12. The van der Waals surface area contributed by atoms with Crippen molar-refractivity contribution in [1.82, 2.24) is 5.32 Å². The van der Waals surface area contributed by atoms with E-state index in [0.29, 0.717) is 12.2 Å². The molecule has 0 aliphatic rings. The molecule has 2 amide bonds. The summed E-state index contributed by atoms with van der Waals surface area (Å²) in [6.07, 6.45) is 0. The van der Waals surface area contributed by atoms with Crippen molar-refractivity contribution in [1.29, 1.82) is 0 Å². The summed E-state index contributed by atoms with van der Waals surface area (Å²) in [6, 6.07) is 13.0. The van der Waals surface area contributed by atoms with E-state index in [9.17, 15) is 9.59 Å². The number of nitrogens with one attached hydrogen (secondary N) is 2. The Morgan fingerprint density at radius 2 is 1.86 bits per heavy atom. The van der Waals surface area contributed by atoms with Crippen LogP contribution in [0, 0.1) is 0 Å². The third-order valence-electron chi connectivity index (χ3n) is 2.98. The first-order chi connectivity index (χ1) is 10.6. The molecule has 2 rings (SSSR count). The first-order valence-electron chi connectivity index (χ1n) is 6.59. The molecule has 0 saturated heterocycles. The Morgan fingerprint density at radius 1 is 1.14 bits per heavy atom. The van der Waals surface area contributed by atoms with Gasteiger partial charge in [0.05, 0.1) is 12.7 Å². The molecule has 0 aliphatic carbocycles. The molecule has 2 aromatic carbocycles. The second-order valence-electron chi connectivity index (χ2n) is 4.54. The minimum Gasteiger partial charge on any atom is -0.497 e. The van der Waals surface area contributed by atoms with Crippen LogP contribution in [-0.4, -0.2) is 24.2 Å². The third-order valence-corrected chi connectivity index (χ3v) is 2.98. The minimum atomic E-state index is -1.01. The van der Waals surface area contributed by atoms with E-state index in [1.165, 1.54) is 24.3 Å². The molecular weight excluding hydrogens is 284 g/mol. The molecule has 0 aliphatic heterocycles. The topological polar surface area (TPSA) is 87.7 Å². The lowest BCUT2D eigenvalue weighted by molar-refractivity contribution is 0.0697. The molecule has 22 heavy (non-hydrogen) atoms. The van der Waals surface area contributed by atoms with Gasteiger partial charge in [-0.25, -0.2) is 9.59 Å². The van der Waals surface area contributed by atoms with Crippen LogP contribution in [0.4, 0.5) is 10.5 Å². The number of methoxy groups -OCH3 is 1. The van der Waals surface area contributed by atoms with Crippen LogP contribution in [0.25, 0.3) is 0 Å². The Hall–Kier alpha value is -3.02. The van der Waals surface area contributed by atoms with Crippen LogP contribution in [0.3, 0.4) is 0 Å². The number of urea groups is 1. The van der Waals surface area contributed by atoms with Gasteiger partial charge in [-0.05, 0) is 42.0 Å². The predicted molar refractivity (Wildman–Crippen MR) is 82.3 cm³/mol. The summed E-state index contributed by atoms with van der Waals surface area (Å²) in [7, 11) is 1.58. The number of carbonyl (C=O) groups is 2. The maximum Gasteiger partial charge on any atom is 0.335 e. The number of carboxylic acid groups (broad SMARTS) is 1. The number of carboxylic acids is 1. The molecule has 0 aromatic heterocycles. The zero-order valence-corrected chi connectivity index (χ0v) is 12.0. The number of amides is 2. The van der Waals surface area contributed by atoms with Gasteiger partial charge in [0.15, 0.2) is 0 Å². The van der Waals surface area contributed by atoms with E-state index in [-0.39, 0.29) is 11.6 Å². The Labute approximate surface area is 127 Å². The number of rotatable bonds is 5. The van der Waals surface area contributed by atoms with Crippen molar-refractivity contribution >= 4 is 17.7 Å². The lowest BCUT2D eigenvalue weighted by atomic mass is 10.2. The fraction of sp³-hybridized carbons (Fsp3) is 0.125. The Morgan fingerprint density at radius 3 is 2.50 bits per heavy atom. The van der Waals surface area contributed by atoms with E-state index in [2.05, 4.69) is 10.6 Å². The van der Waals surface area contributed by atoms with E-state index >= 15 is 0 Å². The zero-order valence-electron chi connectivity index (χ0n) is 12.0. The van der Waals surface area contributed by atoms with Gasteiger partial charge >= 0.3 is 12.0 Å². The molecule has 0 unspecified atom stereocenters. The van der Waals surface area contributed by atoms with Crippen LogP contribution in [0.2, 0.25) is 0 Å². The SMILES string of the molecule is COc1cccc(CNC(=O)Nc2ccc(C(=O)O)cc2)c1. The zero-order chi connectivity index (χ0) is 15.9. The van der Waals surface area contributed by atoms with Gasteiger partial charge in [0.2, 0.25) is 0 Å². The summed E-state index contributed by atoms with van der Waals surface area (Å²) in [4.78, 5) is 22.5. The molecule has 0 heterocycles. The van der Waals surface area contributed by atoms with Gasteiger partial charge in [0, 0.05) is 12.2 Å². The summed E-state index contributed by atoms with van der Waals surface area (Å²) >= 11 is 0. The maximum atomic E-state index is 11.8. The number of hydrogen-bond acceptors (Lipinski definition) is 3. The normalized spacial score (nSPS) is 9.86. The van der Waals surface area contributed by atoms with Crippen molar-refractivity contribution in [3.8, 4) is 5.75 Å². The summed E-state index contributed by atoms with van der Waals surface area (Å²) in [6.45, 7) is 0.357. The van der Waals surface area contributed by atoms with Gasteiger partial charge < -0.3 is 20.5 Å². The first kappa shape index (κ1) is 15.4. The maximum absolute atomic E-state index is 11.8. The molecule has 0 radical (unpaired) electrons. The van der Waals surface area contributed by atoms with E-state index in [1.807, 2.05) is 24.3 Å². The van der Waals surface area contributed by atoms with Gasteiger partial charge in [-0.3, -0.25) is 0 Å². The van der Waals surface area contributed by atoms with Gasteiger partial charge in [-0.2, -0.15) is 0 Å². The van der Waals surface area contributed by atoms with Gasteiger partial charge in [-0.15, -0.1) is 0 Å². The van der Waals surface area contributed by atoms with Gasteiger partial charge in [0.1, 0.15) is 5.75 Å². The van der Waals surface area contributed by atoms with E-state index in [4.69, 9.17) is 9.84 Å². The molecule has 114 valence electrons. The highest BCUT2D eigenvalue weighted by molar-refractivity contribution is 5.91. The molecule has 0 spiro atoms.